The van der Waals surface area contributed by atoms with Crippen LogP contribution in [0.15, 0.2) is 30.3 Å². The Labute approximate surface area is 195 Å². The molecule has 33 heavy (non-hydrogen) atoms. The van der Waals surface area contributed by atoms with Gasteiger partial charge in [0.25, 0.3) is 5.91 Å². The summed E-state index contributed by atoms with van der Waals surface area (Å²) < 4.78 is 40.5. The summed E-state index contributed by atoms with van der Waals surface area (Å²) in [6, 6.07) is 4.37. The first-order valence-corrected chi connectivity index (χ1v) is 11.0. The Kier molecular flexibility index (Phi) is 7.51. The number of benzene rings is 1. The van der Waals surface area contributed by atoms with Gasteiger partial charge in [-0.2, -0.15) is 18.3 Å². The Bertz CT molecular complexity index is 1050. The normalized spacial score (nSPS) is 15.0. The van der Waals surface area contributed by atoms with Gasteiger partial charge in [0.2, 0.25) is 5.91 Å². The van der Waals surface area contributed by atoms with E-state index in [4.69, 9.17) is 11.6 Å². The lowest BCUT2D eigenvalue weighted by Gasteiger charge is -2.34. The number of aromatic nitrogens is 2. The molecule has 2 heterocycles. The van der Waals surface area contributed by atoms with Gasteiger partial charge in [0.15, 0.2) is 0 Å². The minimum absolute atomic E-state index is 0.0203. The fourth-order valence-corrected chi connectivity index (χ4v) is 3.93. The van der Waals surface area contributed by atoms with Crippen molar-refractivity contribution >= 4 is 29.5 Å². The number of nitrogens with zero attached hydrogens (tertiary/aromatic N) is 4. The van der Waals surface area contributed by atoms with Gasteiger partial charge < -0.3 is 9.80 Å². The second kappa shape index (κ2) is 9.99. The van der Waals surface area contributed by atoms with Crippen molar-refractivity contribution in [1.29, 1.82) is 0 Å². The van der Waals surface area contributed by atoms with Crippen molar-refractivity contribution in [3.8, 4) is 0 Å². The van der Waals surface area contributed by atoms with Crippen LogP contribution in [-0.4, -0.2) is 57.6 Å². The van der Waals surface area contributed by atoms with Crippen LogP contribution in [0.3, 0.4) is 0 Å². The van der Waals surface area contributed by atoms with Crippen LogP contribution in [-0.2, 0) is 17.5 Å². The zero-order chi connectivity index (χ0) is 24.3. The number of amides is 2. The first-order valence-electron chi connectivity index (χ1n) is 10.6. The molecule has 1 aromatic carbocycles. The van der Waals surface area contributed by atoms with Crippen molar-refractivity contribution in [3.63, 3.8) is 0 Å². The van der Waals surface area contributed by atoms with Crippen LogP contribution < -0.4 is 0 Å². The van der Waals surface area contributed by atoms with E-state index < -0.39 is 17.6 Å². The van der Waals surface area contributed by atoms with Crippen molar-refractivity contribution in [1.82, 2.24) is 19.6 Å². The second-order valence-electron chi connectivity index (χ2n) is 8.40. The number of hydrogen-bond donors (Lipinski definition) is 0. The van der Waals surface area contributed by atoms with E-state index in [0.717, 1.165) is 17.8 Å². The standard InChI is InChI=1S/C23H26ClF3N4O2/c1-15(2)14-31-21(24)19(16(3)28-31)7-8-20(32)29-9-11-30(12-10-29)22(33)17-5-4-6-18(13-17)23(25,26)27/h4-8,13,15H,9-12,14H2,1-3H3/b8-7+. The maximum Gasteiger partial charge on any atom is 0.416 e. The molecule has 0 radical (unpaired) electrons. The van der Waals surface area contributed by atoms with Gasteiger partial charge in [-0.1, -0.05) is 31.5 Å². The summed E-state index contributed by atoms with van der Waals surface area (Å²) in [6.07, 6.45) is -1.44. The van der Waals surface area contributed by atoms with Gasteiger partial charge in [0, 0.05) is 49.9 Å². The number of carbonyl (C=O) groups excluding carboxylic acids is 2. The summed E-state index contributed by atoms with van der Waals surface area (Å²) in [5.74, 6) is -0.341. The zero-order valence-electron chi connectivity index (χ0n) is 18.7. The molecule has 178 valence electrons. The number of rotatable bonds is 5. The Morgan fingerprint density at radius 1 is 1.15 bits per heavy atom. The molecule has 0 bridgehead atoms. The van der Waals surface area contributed by atoms with E-state index >= 15 is 0 Å². The molecular formula is C23H26ClF3N4O2. The van der Waals surface area contributed by atoms with E-state index in [0.29, 0.717) is 23.2 Å². The molecular weight excluding hydrogens is 457 g/mol. The highest BCUT2D eigenvalue weighted by molar-refractivity contribution is 6.31. The number of piperazine rings is 1. The van der Waals surface area contributed by atoms with Crippen molar-refractivity contribution < 1.29 is 22.8 Å². The monoisotopic (exact) mass is 482 g/mol. The quantitative estimate of drug-likeness (QED) is 0.589. The molecule has 0 saturated carbocycles. The Morgan fingerprint density at radius 2 is 1.79 bits per heavy atom. The Balaban J connectivity index is 1.61. The minimum atomic E-state index is -4.51. The summed E-state index contributed by atoms with van der Waals surface area (Å²) in [5, 5.41) is 4.89. The van der Waals surface area contributed by atoms with Gasteiger partial charge in [-0.3, -0.25) is 14.3 Å². The lowest BCUT2D eigenvalue weighted by Crippen LogP contribution is -2.50. The van der Waals surface area contributed by atoms with Crippen molar-refractivity contribution in [2.45, 2.75) is 33.5 Å². The molecule has 0 spiro atoms. The third kappa shape index (κ3) is 5.96. The van der Waals surface area contributed by atoms with Crippen LogP contribution in [0.2, 0.25) is 5.15 Å². The Morgan fingerprint density at radius 3 is 2.39 bits per heavy atom. The van der Waals surface area contributed by atoms with Gasteiger partial charge >= 0.3 is 6.18 Å². The summed E-state index contributed by atoms with van der Waals surface area (Å²) in [5.41, 5.74) is 0.524. The molecule has 1 saturated heterocycles. The molecule has 2 amide bonds. The maximum atomic E-state index is 12.9. The number of aryl methyl sites for hydroxylation is 1. The minimum Gasteiger partial charge on any atom is -0.336 e. The predicted octanol–water partition coefficient (Wildman–Crippen LogP) is 4.52. The fraction of sp³-hybridized carbons (Fsp3) is 0.435. The van der Waals surface area contributed by atoms with Crippen LogP contribution in [0, 0.1) is 12.8 Å². The number of carbonyl (C=O) groups is 2. The van der Waals surface area contributed by atoms with E-state index in [2.05, 4.69) is 18.9 Å². The average molecular weight is 483 g/mol. The van der Waals surface area contributed by atoms with E-state index in [1.807, 2.05) is 6.92 Å². The van der Waals surface area contributed by atoms with Crippen LogP contribution in [0.5, 0.6) is 0 Å². The summed E-state index contributed by atoms with van der Waals surface area (Å²) in [4.78, 5) is 28.3. The molecule has 1 aliphatic heterocycles. The van der Waals surface area contributed by atoms with Gasteiger partial charge in [-0.05, 0) is 37.1 Å². The van der Waals surface area contributed by atoms with Crippen LogP contribution in [0.25, 0.3) is 6.08 Å². The highest BCUT2D eigenvalue weighted by Gasteiger charge is 2.32. The van der Waals surface area contributed by atoms with E-state index in [-0.39, 0.29) is 37.6 Å². The number of hydrogen-bond acceptors (Lipinski definition) is 3. The highest BCUT2D eigenvalue weighted by atomic mass is 35.5. The Hall–Kier alpha value is -2.81. The number of halogens is 4. The highest BCUT2D eigenvalue weighted by Crippen LogP contribution is 2.30. The molecule has 1 aliphatic rings. The molecule has 2 aromatic rings. The first-order chi connectivity index (χ1) is 15.5. The topological polar surface area (TPSA) is 58.4 Å². The predicted molar refractivity (Wildman–Crippen MR) is 120 cm³/mol. The largest absolute Gasteiger partial charge is 0.416 e. The molecule has 0 N–H and O–H groups in total. The maximum absolute atomic E-state index is 12.9. The molecule has 1 aromatic heterocycles. The van der Waals surface area contributed by atoms with Gasteiger partial charge in [-0.25, -0.2) is 0 Å². The van der Waals surface area contributed by atoms with Gasteiger partial charge in [0.1, 0.15) is 5.15 Å². The smallest absolute Gasteiger partial charge is 0.336 e. The molecule has 6 nitrogen and oxygen atoms in total. The van der Waals surface area contributed by atoms with Crippen molar-refractivity contribution in [3.05, 3.63) is 57.9 Å². The van der Waals surface area contributed by atoms with Crippen LogP contribution in [0.4, 0.5) is 13.2 Å². The second-order valence-corrected chi connectivity index (χ2v) is 8.75. The summed E-state index contributed by atoms with van der Waals surface area (Å²) >= 11 is 6.40. The SMILES string of the molecule is Cc1nn(CC(C)C)c(Cl)c1/C=C/C(=O)N1CCN(C(=O)c2cccc(C(F)(F)F)c2)CC1. The summed E-state index contributed by atoms with van der Waals surface area (Å²) in [6.45, 7) is 7.66. The van der Waals surface area contributed by atoms with E-state index in [1.54, 1.807) is 15.7 Å². The van der Waals surface area contributed by atoms with Crippen molar-refractivity contribution in [2.75, 3.05) is 26.2 Å². The van der Waals surface area contributed by atoms with E-state index in [1.165, 1.54) is 23.1 Å². The molecule has 0 unspecified atom stereocenters. The fourth-order valence-electron chi connectivity index (χ4n) is 3.62. The summed E-state index contributed by atoms with van der Waals surface area (Å²) in [7, 11) is 0. The molecule has 0 aliphatic carbocycles. The molecule has 1 fully saturated rings. The van der Waals surface area contributed by atoms with Gasteiger partial charge in [-0.15, -0.1) is 0 Å². The lowest BCUT2D eigenvalue weighted by atomic mass is 10.1. The number of alkyl halides is 3. The molecule has 10 heteroatoms. The molecule has 3 rings (SSSR count). The van der Waals surface area contributed by atoms with E-state index in [9.17, 15) is 22.8 Å². The van der Waals surface area contributed by atoms with Crippen LogP contribution in [0.1, 0.15) is 41.0 Å². The first kappa shape index (κ1) is 24.8. The third-order valence-electron chi connectivity index (χ3n) is 5.36. The van der Waals surface area contributed by atoms with Crippen molar-refractivity contribution in [2.24, 2.45) is 5.92 Å². The average Bonchev–Trinajstić information content (AvgIpc) is 3.03. The zero-order valence-corrected chi connectivity index (χ0v) is 19.5. The van der Waals surface area contributed by atoms with Gasteiger partial charge in [0.05, 0.1) is 11.3 Å². The van der Waals surface area contributed by atoms with Crippen LogP contribution >= 0.6 is 11.6 Å². The third-order valence-corrected chi connectivity index (χ3v) is 5.75. The lowest BCUT2D eigenvalue weighted by molar-refractivity contribution is -0.137. The molecule has 0 atom stereocenters.